The smallest absolute Gasteiger partial charge is 0.263 e. The van der Waals surface area contributed by atoms with Crippen LogP contribution in [0, 0.1) is 5.92 Å². The zero-order chi connectivity index (χ0) is 16.2. The summed E-state index contributed by atoms with van der Waals surface area (Å²) in [6.45, 7) is 5.68. The van der Waals surface area contributed by atoms with E-state index in [4.69, 9.17) is 4.74 Å². The van der Waals surface area contributed by atoms with Gasteiger partial charge in [0.15, 0.2) is 6.10 Å². The molecule has 2 heterocycles. The van der Waals surface area contributed by atoms with Crippen molar-refractivity contribution >= 4 is 5.91 Å². The third-order valence-corrected chi connectivity index (χ3v) is 4.21. The number of aromatic nitrogens is 4. The summed E-state index contributed by atoms with van der Waals surface area (Å²) in [5.41, 5.74) is 0.839. The predicted octanol–water partition coefficient (Wildman–Crippen LogP) is 1.69. The van der Waals surface area contributed by atoms with Gasteiger partial charge in [-0.15, -0.1) is 5.10 Å². The molecular formula is C16H21N5O2. The molecule has 122 valence electrons. The number of nitrogens with zero attached hydrogens (tertiary/aromatic N) is 5. The quantitative estimate of drug-likeness (QED) is 0.858. The predicted molar refractivity (Wildman–Crippen MR) is 84.2 cm³/mol. The number of benzene rings is 1. The van der Waals surface area contributed by atoms with Gasteiger partial charge in [0.1, 0.15) is 12.1 Å². The van der Waals surface area contributed by atoms with E-state index in [1.165, 1.54) is 6.33 Å². The van der Waals surface area contributed by atoms with Crippen molar-refractivity contribution in [2.24, 2.45) is 5.92 Å². The van der Waals surface area contributed by atoms with Crippen LogP contribution in [0.5, 0.6) is 5.75 Å². The van der Waals surface area contributed by atoms with Gasteiger partial charge in [-0.2, -0.15) is 0 Å². The summed E-state index contributed by atoms with van der Waals surface area (Å²) in [4.78, 5) is 14.3. The van der Waals surface area contributed by atoms with E-state index in [2.05, 4.69) is 22.4 Å². The van der Waals surface area contributed by atoms with Gasteiger partial charge in [-0.3, -0.25) is 4.79 Å². The molecule has 2 aromatic rings. The normalized spacial score (nSPS) is 17.0. The molecule has 7 nitrogen and oxygen atoms in total. The number of tetrazole rings is 1. The zero-order valence-electron chi connectivity index (χ0n) is 13.4. The van der Waals surface area contributed by atoms with Crippen molar-refractivity contribution in [1.82, 2.24) is 25.1 Å². The molecule has 0 aliphatic carbocycles. The lowest BCUT2D eigenvalue weighted by Crippen LogP contribution is -2.44. The monoisotopic (exact) mass is 315 g/mol. The Morgan fingerprint density at radius 1 is 1.26 bits per heavy atom. The van der Waals surface area contributed by atoms with Crippen molar-refractivity contribution in [3.63, 3.8) is 0 Å². The van der Waals surface area contributed by atoms with E-state index in [1.807, 2.05) is 29.2 Å². The first-order chi connectivity index (χ1) is 11.1. The molecule has 0 N–H and O–H groups in total. The fourth-order valence-electron chi connectivity index (χ4n) is 2.70. The van der Waals surface area contributed by atoms with Crippen molar-refractivity contribution in [1.29, 1.82) is 0 Å². The second-order valence-corrected chi connectivity index (χ2v) is 6.02. The number of carbonyl (C=O) groups is 1. The molecule has 1 aliphatic rings. The van der Waals surface area contributed by atoms with Crippen LogP contribution in [0.1, 0.15) is 26.7 Å². The summed E-state index contributed by atoms with van der Waals surface area (Å²) in [5.74, 6) is 1.42. The Kier molecular flexibility index (Phi) is 4.55. The van der Waals surface area contributed by atoms with Crippen molar-refractivity contribution in [2.75, 3.05) is 13.1 Å². The molecule has 1 aromatic heterocycles. The molecule has 0 saturated carbocycles. The molecule has 7 heteroatoms. The van der Waals surface area contributed by atoms with Gasteiger partial charge in [-0.25, -0.2) is 4.68 Å². The highest BCUT2D eigenvalue weighted by Crippen LogP contribution is 2.19. The number of likely N-dealkylation sites (tertiary alicyclic amines) is 1. The average Bonchev–Trinajstić information content (AvgIpc) is 3.10. The highest BCUT2D eigenvalue weighted by Gasteiger charge is 2.25. The second-order valence-electron chi connectivity index (χ2n) is 6.02. The van der Waals surface area contributed by atoms with Gasteiger partial charge in [0, 0.05) is 13.1 Å². The highest BCUT2D eigenvalue weighted by molar-refractivity contribution is 5.81. The van der Waals surface area contributed by atoms with Crippen LogP contribution in [-0.4, -0.2) is 50.2 Å². The molecule has 3 rings (SSSR count). The van der Waals surface area contributed by atoms with Crippen molar-refractivity contribution in [3.8, 4) is 11.4 Å². The van der Waals surface area contributed by atoms with E-state index in [9.17, 15) is 4.79 Å². The summed E-state index contributed by atoms with van der Waals surface area (Å²) >= 11 is 0. The average molecular weight is 315 g/mol. The van der Waals surface area contributed by atoms with Crippen LogP contribution in [0.2, 0.25) is 0 Å². The van der Waals surface area contributed by atoms with Crippen LogP contribution in [0.25, 0.3) is 5.69 Å². The fraction of sp³-hybridized carbons (Fsp3) is 0.500. The largest absolute Gasteiger partial charge is 0.481 e. The lowest BCUT2D eigenvalue weighted by Gasteiger charge is -2.32. The van der Waals surface area contributed by atoms with E-state index in [0.29, 0.717) is 11.7 Å². The second kappa shape index (κ2) is 6.76. The van der Waals surface area contributed by atoms with Crippen molar-refractivity contribution in [3.05, 3.63) is 30.6 Å². The first kappa shape index (κ1) is 15.5. The summed E-state index contributed by atoms with van der Waals surface area (Å²) in [7, 11) is 0. The third kappa shape index (κ3) is 3.67. The minimum absolute atomic E-state index is 0.0569. The van der Waals surface area contributed by atoms with Crippen LogP contribution >= 0.6 is 0 Å². The van der Waals surface area contributed by atoms with Gasteiger partial charge in [0.05, 0.1) is 5.69 Å². The Labute approximate surface area is 135 Å². The standard InChI is InChI=1S/C16H21N5O2/c1-12-7-9-20(10-8-12)16(22)13(2)23-15-5-3-14(4-6-15)21-11-17-18-19-21/h3-6,11-13H,7-10H2,1-2H3. The van der Waals surface area contributed by atoms with Crippen LogP contribution in [-0.2, 0) is 4.79 Å². The third-order valence-electron chi connectivity index (χ3n) is 4.21. The maximum atomic E-state index is 12.4. The van der Waals surface area contributed by atoms with E-state index in [0.717, 1.165) is 31.6 Å². The Morgan fingerprint density at radius 2 is 1.96 bits per heavy atom. The summed E-state index contributed by atoms with van der Waals surface area (Å²) in [6, 6.07) is 7.34. The molecule has 23 heavy (non-hydrogen) atoms. The number of hydrogen-bond acceptors (Lipinski definition) is 5. The first-order valence-corrected chi connectivity index (χ1v) is 7.92. The van der Waals surface area contributed by atoms with E-state index < -0.39 is 6.10 Å². The van der Waals surface area contributed by atoms with Gasteiger partial charge in [0.2, 0.25) is 0 Å². The molecule has 1 aromatic carbocycles. The van der Waals surface area contributed by atoms with Crippen LogP contribution in [0.4, 0.5) is 0 Å². The van der Waals surface area contributed by atoms with E-state index in [1.54, 1.807) is 11.6 Å². The lowest BCUT2D eigenvalue weighted by molar-refractivity contribution is -0.139. The molecular weight excluding hydrogens is 294 g/mol. The molecule has 0 radical (unpaired) electrons. The van der Waals surface area contributed by atoms with Gasteiger partial charge >= 0.3 is 0 Å². The van der Waals surface area contributed by atoms with Gasteiger partial charge in [-0.1, -0.05) is 6.92 Å². The number of rotatable bonds is 4. The fourth-order valence-corrected chi connectivity index (χ4v) is 2.70. The molecule has 1 fully saturated rings. The number of amides is 1. The van der Waals surface area contributed by atoms with Crippen molar-refractivity contribution < 1.29 is 9.53 Å². The van der Waals surface area contributed by atoms with Crippen LogP contribution in [0.15, 0.2) is 30.6 Å². The Morgan fingerprint density at radius 3 is 2.57 bits per heavy atom. The molecule has 0 bridgehead atoms. The summed E-state index contributed by atoms with van der Waals surface area (Å²) in [6.07, 6.45) is 3.18. The molecule has 1 aliphatic heterocycles. The number of hydrogen-bond donors (Lipinski definition) is 0. The summed E-state index contributed by atoms with van der Waals surface area (Å²) < 4.78 is 7.34. The molecule has 1 amide bonds. The molecule has 1 atom stereocenters. The van der Waals surface area contributed by atoms with E-state index >= 15 is 0 Å². The van der Waals surface area contributed by atoms with Crippen LogP contribution in [0.3, 0.4) is 0 Å². The Balaban J connectivity index is 1.59. The van der Waals surface area contributed by atoms with E-state index in [-0.39, 0.29) is 5.91 Å². The minimum Gasteiger partial charge on any atom is -0.481 e. The van der Waals surface area contributed by atoms with Crippen LogP contribution < -0.4 is 4.74 Å². The number of carbonyl (C=O) groups excluding carboxylic acids is 1. The van der Waals surface area contributed by atoms with Gasteiger partial charge in [-0.05, 0) is 60.4 Å². The minimum atomic E-state index is -0.484. The number of ether oxygens (including phenoxy) is 1. The molecule has 1 saturated heterocycles. The SMILES string of the molecule is CC1CCN(C(=O)C(C)Oc2ccc(-n3cnnn3)cc2)CC1. The molecule has 0 spiro atoms. The lowest BCUT2D eigenvalue weighted by atomic mass is 9.99. The zero-order valence-corrected chi connectivity index (χ0v) is 13.4. The maximum Gasteiger partial charge on any atom is 0.263 e. The maximum absolute atomic E-state index is 12.4. The Bertz CT molecular complexity index is 633. The van der Waals surface area contributed by atoms with Gasteiger partial charge in [0.25, 0.3) is 5.91 Å². The Hall–Kier alpha value is -2.44. The first-order valence-electron chi connectivity index (χ1n) is 7.92. The topological polar surface area (TPSA) is 73.1 Å². The van der Waals surface area contributed by atoms with Crippen molar-refractivity contribution in [2.45, 2.75) is 32.8 Å². The molecule has 1 unspecified atom stereocenters. The number of piperidine rings is 1. The summed E-state index contributed by atoms with van der Waals surface area (Å²) in [5, 5.41) is 11.0. The van der Waals surface area contributed by atoms with Gasteiger partial charge < -0.3 is 9.64 Å². The highest BCUT2D eigenvalue weighted by atomic mass is 16.5.